The Morgan fingerprint density at radius 3 is 3.08 bits per heavy atom. The number of aliphatic carboxylic acids is 1. The van der Waals surface area contributed by atoms with Crippen molar-refractivity contribution in [3.05, 3.63) is 35.9 Å². The number of carboxylic acids is 1. The lowest BCUT2D eigenvalue weighted by molar-refractivity contribution is -0.135. The Hall–Kier alpha value is -1.71. The highest BCUT2D eigenvalue weighted by Crippen LogP contribution is 2.06. The molecule has 0 spiro atoms. The van der Waals surface area contributed by atoms with Crippen LogP contribution in [0.3, 0.4) is 0 Å². The molecule has 1 N–H and O–H groups in total. The van der Waals surface area contributed by atoms with Crippen LogP contribution in [0.2, 0.25) is 0 Å². The average Bonchev–Trinajstić information content (AvgIpc) is 2.08. The van der Waals surface area contributed by atoms with Crippen molar-refractivity contribution in [1.82, 2.24) is 4.98 Å². The number of aromatic nitrogens is 1. The zero-order valence-corrected chi connectivity index (χ0v) is 6.77. The minimum atomic E-state index is -0.939. The van der Waals surface area contributed by atoms with E-state index in [-0.39, 0.29) is 6.42 Å². The SMILES string of the molecule is O=C(O)CC=Cc1ccncc1F. The van der Waals surface area contributed by atoms with Gasteiger partial charge in [-0.05, 0) is 6.07 Å². The molecular formula is C9H8FNO2. The Morgan fingerprint density at radius 1 is 1.69 bits per heavy atom. The summed E-state index contributed by atoms with van der Waals surface area (Å²) in [7, 11) is 0. The molecule has 0 amide bonds. The molecule has 1 aromatic heterocycles. The quantitative estimate of drug-likeness (QED) is 0.772. The van der Waals surface area contributed by atoms with Crippen LogP contribution >= 0.6 is 0 Å². The van der Waals surface area contributed by atoms with Crippen molar-refractivity contribution in [1.29, 1.82) is 0 Å². The summed E-state index contributed by atoms with van der Waals surface area (Å²) >= 11 is 0. The fraction of sp³-hybridized carbons (Fsp3) is 0.111. The Kier molecular flexibility index (Phi) is 3.14. The summed E-state index contributed by atoms with van der Waals surface area (Å²) in [5.41, 5.74) is 0.344. The number of carboxylic acid groups (broad SMARTS) is 1. The summed E-state index contributed by atoms with van der Waals surface area (Å²) in [6, 6.07) is 1.48. The average molecular weight is 181 g/mol. The molecule has 0 aliphatic rings. The van der Waals surface area contributed by atoms with E-state index >= 15 is 0 Å². The van der Waals surface area contributed by atoms with Gasteiger partial charge in [-0.3, -0.25) is 9.78 Å². The zero-order valence-electron chi connectivity index (χ0n) is 6.77. The van der Waals surface area contributed by atoms with Crippen molar-refractivity contribution in [2.24, 2.45) is 0 Å². The van der Waals surface area contributed by atoms with Gasteiger partial charge >= 0.3 is 5.97 Å². The molecule has 4 heteroatoms. The summed E-state index contributed by atoms with van der Waals surface area (Å²) in [6.07, 6.45) is 5.23. The maximum absolute atomic E-state index is 12.9. The van der Waals surface area contributed by atoms with Crippen molar-refractivity contribution >= 4 is 12.0 Å². The van der Waals surface area contributed by atoms with E-state index in [2.05, 4.69) is 4.98 Å². The van der Waals surface area contributed by atoms with Crippen LogP contribution in [0.1, 0.15) is 12.0 Å². The van der Waals surface area contributed by atoms with Crippen LogP contribution in [0.15, 0.2) is 24.5 Å². The molecule has 0 unspecified atom stereocenters. The molecular weight excluding hydrogens is 173 g/mol. The second-order valence-electron chi connectivity index (χ2n) is 2.40. The highest BCUT2D eigenvalue weighted by atomic mass is 19.1. The maximum atomic E-state index is 12.9. The standard InChI is InChI=1S/C9H8FNO2/c10-8-6-11-5-4-7(8)2-1-3-9(12)13/h1-2,4-6H,3H2,(H,12,13). The highest BCUT2D eigenvalue weighted by molar-refractivity contribution is 5.70. The van der Waals surface area contributed by atoms with E-state index in [1.807, 2.05) is 0 Å². The van der Waals surface area contributed by atoms with Gasteiger partial charge < -0.3 is 5.11 Å². The van der Waals surface area contributed by atoms with Gasteiger partial charge in [-0.25, -0.2) is 4.39 Å². The molecule has 0 radical (unpaired) electrons. The number of nitrogens with zero attached hydrogens (tertiary/aromatic N) is 1. The van der Waals surface area contributed by atoms with Crippen molar-refractivity contribution in [2.75, 3.05) is 0 Å². The third kappa shape index (κ3) is 3.02. The minimum Gasteiger partial charge on any atom is -0.481 e. The normalized spacial score (nSPS) is 10.5. The molecule has 0 aliphatic carbocycles. The molecule has 0 saturated carbocycles. The van der Waals surface area contributed by atoms with Gasteiger partial charge in [0.2, 0.25) is 0 Å². The van der Waals surface area contributed by atoms with Crippen LogP contribution in [0.4, 0.5) is 4.39 Å². The number of carbonyl (C=O) groups is 1. The van der Waals surface area contributed by atoms with Gasteiger partial charge in [-0.15, -0.1) is 0 Å². The zero-order chi connectivity index (χ0) is 9.68. The Balaban J connectivity index is 2.68. The lowest BCUT2D eigenvalue weighted by Gasteiger charge is -1.93. The van der Waals surface area contributed by atoms with Gasteiger partial charge in [0.05, 0.1) is 12.6 Å². The molecule has 0 atom stereocenters. The van der Waals surface area contributed by atoms with Gasteiger partial charge in [0, 0.05) is 11.8 Å². The summed E-state index contributed by atoms with van der Waals surface area (Å²) in [4.78, 5) is 13.7. The van der Waals surface area contributed by atoms with Gasteiger partial charge in [0.1, 0.15) is 5.82 Å². The first kappa shape index (κ1) is 9.38. The van der Waals surface area contributed by atoms with Gasteiger partial charge in [0.15, 0.2) is 0 Å². The first-order valence-corrected chi connectivity index (χ1v) is 3.68. The van der Waals surface area contributed by atoms with Crippen LogP contribution in [0, 0.1) is 5.82 Å². The maximum Gasteiger partial charge on any atom is 0.307 e. The van der Waals surface area contributed by atoms with Crippen LogP contribution in [-0.2, 0) is 4.79 Å². The molecule has 0 saturated heterocycles. The molecule has 13 heavy (non-hydrogen) atoms. The van der Waals surface area contributed by atoms with Gasteiger partial charge in [-0.2, -0.15) is 0 Å². The van der Waals surface area contributed by atoms with Crippen molar-refractivity contribution < 1.29 is 14.3 Å². The van der Waals surface area contributed by atoms with E-state index in [1.165, 1.54) is 24.4 Å². The first-order valence-electron chi connectivity index (χ1n) is 3.68. The van der Waals surface area contributed by atoms with Crippen LogP contribution in [0.5, 0.6) is 0 Å². The van der Waals surface area contributed by atoms with Gasteiger partial charge in [-0.1, -0.05) is 12.2 Å². The van der Waals surface area contributed by atoms with Crippen LogP contribution in [-0.4, -0.2) is 16.1 Å². The Bertz CT molecular complexity index is 336. The minimum absolute atomic E-state index is 0.109. The predicted octanol–water partition coefficient (Wildman–Crippen LogP) is 1.71. The number of hydrogen-bond donors (Lipinski definition) is 1. The largest absolute Gasteiger partial charge is 0.481 e. The molecule has 3 nitrogen and oxygen atoms in total. The fourth-order valence-electron chi connectivity index (χ4n) is 0.808. The molecule has 1 heterocycles. The van der Waals surface area contributed by atoms with E-state index < -0.39 is 11.8 Å². The van der Waals surface area contributed by atoms with Crippen molar-refractivity contribution in [3.63, 3.8) is 0 Å². The van der Waals surface area contributed by atoms with Crippen LogP contribution < -0.4 is 0 Å². The third-order valence-electron chi connectivity index (χ3n) is 1.39. The van der Waals surface area contributed by atoms with E-state index in [4.69, 9.17) is 5.11 Å². The lowest BCUT2D eigenvalue weighted by Crippen LogP contribution is -1.90. The summed E-state index contributed by atoms with van der Waals surface area (Å²) in [5.74, 6) is -1.39. The lowest BCUT2D eigenvalue weighted by atomic mass is 10.2. The third-order valence-corrected chi connectivity index (χ3v) is 1.39. The number of rotatable bonds is 3. The predicted molar refractivity (Wildman–Crippen MR) is 45.5 cm³/mol. The monoisotopic (exact) mass is 181 g/mol. The highest BCUT2D eigenvalue weighted by Gasteiger charge is 1.96. The summed E-state index contributed by atoms with van der Waals surface area (Å²) < 4.78 is 12.9. The van der Waals surface area contributed by atoms with E-state index in [0.717, 1.165) is 6.20 Å². The van der Waals surface area contributed by atoms with Crippen molar-refractivity contribution in [2.45, 2.75) is 6.42 Å². The number of hydrogen-bond acceptors (Lipinski definition) is 2. The molecule has 0 aromatic carbocycles. The molecule has 0 aliphatic heterocycles. The summed E-state index contributed by atoms with van der Waals surface area (Å²) in [5, 5.41) is 8.30. The molecule has 68 valence electrons. The van der Waals surface area contributed by atoms with Gasteiger partial charge in [0.25, 0.3) is 0 Å². The molecule has 0 fully saturated rings. The Labute approximate surface area is 74.5 Å². The van der Waals surface area contributed by atoms with E-state index in [9.17, 15) is 9.18 Å². The second-order valence-corrected chi connectivity index (χ2v) is 2.40. The van der Waals surface area contributed by atoms with E-state index in [1.54, 1.807) is 0 Å². The molecule has 0 bridgehead atoms. The Morgan fingerprint density at radius 2 is 2.46 bits per heavy atom. The topological polar surface area (TPSA) is 50.2 Å². The smallest absolute Gasteiger partial charge is 0.307 e. The number of halogens is 1. The second kappa shape index (κ2) is 4.35. The molecule has 1 aromatic rings. The molecule has 1 rings (SSSR count). The number of pyridine rings is 1. The van der Waals surface area contributed by atoms with Crippen LogP contribution in [0.25, 0.3) is 6.08 Å². The summed E-state index contributed by atoms with van der Waals surface area (Å²) in [6.45, 7) is 0. The van der Waals surface area contributed by atoms with E-state index in [0.29, 0.717) is 5.56 Å². The fourth-order valence-corrected chi connectivity index (χ4v) is 0.808. The first-order chi connectivity index (χ1) is 6.20. The van der Waals surface area contributed by atoms with Crippen molar-refractivity contribution in [3.8, 4) is 0 Å².